The Morgan fingerprint density at radius 3 is 1.97 bits per heavy atom. The molecule has 3 aromatic rings. The van der Waals surface area contributed by atoms with Crippen LogP contribution < -0.4 is 15.5 Å². The molecule has 7 nitrogen and oxygen atoms in total. The molecule has 0 saturated carbocycles. The van der Waals surface area contributed by atoms with Crippen LogP contribution in [0, 0.1) is 0 Å². The van der Waals surface area contributed by atoms with Gasteiger partial charge in [-0.15, -0.1) is 0 Å². The largest absolute Gasteiger partial charge is 0.497 e. The van der Waals surface area contributed by atoms with E-state index in [2.05, 4.69) is 5.32 Å². The SMILES string of the molecule is COc1ccc(C(=O)OC(C(=O)Nc2ccc(B3OC(C)(C)C(C)(C)O3)cc2)c2ccccc2)cc1. The molecular weight excluding hydrogens is 457 g/mol. The molecule has 0 aliphatic carbocycles. The first-order valence-electron chi connectivity index (χ1n) is 11.8. The standard InChI is InChI=1S/C28H30BNO6/c1-27(2)28(3,4)36-29(35-27)21-13-15-22(16-14-21)30-25(31)24(19-9-7-6-8-10-19)34-26(32)20-11-17-23(33-5)18-12-20/h6-18,24H,1-5H3,(H,30,31). The molecule has 1 saturated heterocycles. The van der Waals surface area contributed by atoms with Crippen molar-refractivity contribution in [1.29, 1.82) is 0 Å². The maximum Gasteiger partial charge on any atom is 0.494 e. The minimum Gasteiger partial charge on any atom is -0.497 e. The Labute approximate surface area is 211 Å². The van der Waals surface area contributed by atoms with E-state index < -0.39 is 36.3 Å². The fourth-order valence-corrected chi connectivity index (χ4v) is 3.71. The number of hydrogen-bond acceptors (Lipinski definition) is 6. The van der Waals surface area contributed by atoms with Gasteiger partial charge in [-0.2, -0.15) is 0 Å². The van der Waals surface area contributed by atoms with Crippen LogP contribution in [0.4, 0.5) is 5.69 Å². The van der Waals surface area contributed by atoms with E-state index in [0.717, 1.165) is 5.46 Å². The van der Waals surface area contributed by atoms with Gasteiger partial charge in [0.15, 0.2) is 0 Å². The normalized spacial score (nSPS) is 16.8. The molecule has 1 atom stereocenters. The van der Waals surface area contributed by atoms with Crippen LogP contribution in [-0.4, -0.2) is 37.3 Å². The zero-order valence-electron chi connectivity index (χ0n) is 21.1. The van der Waals surface area contributed by atoms with Gasteiger partial charge >= 0.3 is 13.1 Å². The van der Waals surface area contributed by atoms with Gasteiger partial charge in [-0.05, 0) is 69.6 Å². The topological polar surface area (TPSA) is 83.1 Å². The Kier molecular flexibility index (Phi) is 7.20. The van der Waals surface area contributed by atoms with Crippen LogP contribution in [0.1, 0.15) is 49.7 Å². The molecule has 8 heteroatoms. The van der Waals surface area contributed by atoms with Crippen molar-refractivity contribution in [2.45, 2.75) is 45.0 Å². The van der Waals surface area contributed by atoms with Crippen molar-refractivity contribution in [1.82, 2.24) is 0 Å². The van der Waals surface area contributed by atoms with Gasteiger partial charge in [-0.3, -0.25) is 4.79 Å². The molecule has 1 fully saturated rings. The molecule has 0 spiro atoms. The lowest BCUT2D eigenvalue weighted by Crippen LogP contribution is -2.41. The molecule has 36 heavy (non-hydrogen) atoms. The molecule has 1 aliphatic rings. The first kappa shape index (κ1) is 25.5. The molecule has 1 aliphatic heterocycles. The van der Waals surface area contributed by atoms with Crippen molar-refractivity contribution in [3.63, 3.8) is 0 Å². The summed E-state index contributed by atoms with van der Waals surface area (Å²) in [5, 5.41) is 2.85. The first-order chi connectivity index (χ1) is 17.1. The summed E-state index contributed by atoms with van der Waals surface area (Å²) in [5.41, 5.74) is 1.39. The number of rotatable bonds is 7. The molecule has 1 amide bonds. The smallest absolute Gasteiger partial charge is 0.494 e. The number of ether oxygens (including phenoxy) is 2. The van der Waals surface area contributed by atoms with Gasteiger partial charge in [0.05, 0.1) is 23.9 Å². The van der Waals surface area contributed by atoms with Crippen molar-refractivity contribution in [2.75, 3.05) is 12.4 Å². The summed E-state index contributed by atoms with van der Waals surface area (Å²) in [4.78, 5) is 26.0. The Morgan fingerprint density at radius 1 is 0.833 bits per heavy atom. The van der Waals surface area contributed by atoms with Crippen molar-refractivity contribution < 1.29 is 28.4 Å². The lowest BCUT2D eigenvalue weighted by Gasteiger charge is -2.32. The van der Waals surface area contributed by atoms with E-state index in [1.54, 1.807) is 67.8 Å². The van der Waals surface area contributed by atoms with Gasteiger partial charge in [0.25, 0.3) is 5.91 Å². The number of amides is 1. The maximum atomic E-state index is 13.2. The van der Waals surface area contributed by atoms with Crippen molar-refractivity contribution >= 4 is 30.1 Å². The summed E-state index contributed by atoms with van der Waals surface area (Å²) in [6.45, 7) is 7.99. The number of benzene rings is 3. The van der Waals surface area contributed by atoms with Crippen LogP contribution in [-0.2, 0) is 18.8 Å². The molecule has 1 N–H and O–H groups in total. The average molecular weight is 487 g/mol. The number of anilines is 1. The van der Waals surface area contributed by atoms with Gasteiger partial charge in [0.1, 0.15) is 5.75 Å². The van der Waals surface area contributed by atoms with Crippen LogP contribution in [0.25, 0.3) is 0 Å². The van der Waals surface area contributed by atoms with Gasteiger partial charge in [0, 0.05) is 11.3 Å². The highest BCUT2D eigenvalue weighted by atomic mass is 16.7. The molecule has 1 unspecified atom stereocenters. The predicted molar refractivity (Wildman–Crippen MR) is 138 cm³/mol. The van der Waals surface area contributed by atoms with Crippen molar-refractivity contribution in [3.8, 4) is 5.75 Å². The van der Waals surface area contributed by atoms with E-state index in [1.165, 1.54) is 0 Å². The highest BCUT2D eigenvalue weighted by Crippen LogP contribution is 2.36. The molecular formula is C28H30BNO6. The molecule has 0 aromatic heterocycles. The van der Waals surface area contributed by atoms with Gasteiger partial charge < -0.3 is 24.1 Å². The van der Waals surface area contributed by atoms with Crippen LogP contribution in [0.15, 0.2) is 78.9 Å². The fourth-order valence-electron chi connectivity index (χ4n) is 3.71. The Bertz CT molecular complexity index is 1190. The zero-order chi connectivity index (χ0) is 25.9. The summed E-state index contributed by atoms with van der Waals surface area (Å²) in [5.74, 6) is -0.461. The second-order valence-corrected chi connectivity index (χ2v) is 9.62. The molecule has 4 rings (SSSR count). The van der Waals surface area contributed by atoms with E-state index in [0.29, 0.717) is 22.6 Å². The molecule has 0 radical (unpaired) electrons. The van der Waals surface area contributed by atoms with Crippen LogP contribution >= 0.6 is 0 Å². The van der Waals surface area contributed by atoms with Crippen LogP contribution in [0.5, 0.6) is 5.75 Å². The van der Waals surface area contributed by atoms with Crippen molar-refractivity contribution in [2.24, 2.45) is 0 Å². The fraction of sp³-hybridized carbons (Fsp3) is 0.286. The number of hydrogen-bond donors (Lipinski definition) is 1. The zero-order valence-corrected chi connectivity index (χ0v) is 21.1. The molecule has 1 heterocycles. The molecule has 0 bridgehead atoms. The summed E-state index contributed by atoms with van der Waals surface area (Å²) >= 11 is 0. The number of methoxy groups -OCH3 is 1. The summed E-state index contributed by atoms with van der Waals surface area (Å²) in [6, 6.07) is 22.6. The third-order valence-corrected chi connectivity index (χ3v) is 6.59. The lowest BCUT2D eigenvalue weighted by atomic mass is 9.79. The van der Waals surface area contributed by atoms with E-state index in [4.69, 9.17) is 18.8 Å². The highest BCUT2D eigenvalue weighted by molar-refractivity contribution is 6.62. The van der Waals surface area contributed by atoms with Gasteiger partial charge in [-0.25, -0.2) is 4.79 Å². The highest BCUT2D eigenvalue weighted by Gasteiger charge is 2.51. The van der Waals surface area contributed by atoms with Gasteiger partial charge in [0.2, 0.25) is 6.10 Å². The minimum absolute atomic E-state index is 0.316. The van der Waals surface area contributed by atoms with Crippen LogP contribution in [0.2, 0.25) is 0 Å². The molecule has 3 aromatic carbocycles. The number of nitrogens with one attached hydrogen (secondary N) is 1. The Balaban J connectivity index is 1.48. The van der Waals surface area contributed by atoms with E-state index in [1.807, 2.05) is 45.9 Å². The van der Waals surface area contributed by atoms with Crippen LogP contribution in [0.3, 0.4) is 0 Å². The minimum atomic E-state index is -1.14. The lowest BCUT2D eigenvalue weighted by molar-refractivity contribution is -0.125. The summed E-state index contributed by atoms with van der Waals surface area (Å²) in [6.07, 6.45) is -1.14. The summed E-state index contributed by atoms with van der Waals surface area (Å²) in [7, 11) is 1.05. The van der Waals surface area contributed by atoms with E-state index in [9.17, 15) is 9.59 Å². The number of carbonyl (C=O) groups is 2. The Hall–Kier alpha value is -3.62. The van der Waals surface area contributed by atoms with Crippen molar-refractivity contribution in [3.05, 3.63) is 90.0 Å². The number of carbonyl (C=O) groups excluding carboxylic acids is 2. The monoisotopic (exact) mass is 487 g/mol. The first-order valence-corrected chi connectivity index (χ1v) is 11.8. The second kappa shape index (κ2) is 10.2. The van der Waals surface area contributed by atoms with E-state index >= 15 is 0 Å². The second-order valence-electron chi connectivity index (χ2n) is 9.62. The average Bonchev–Trinajstić information content (AvgIpc) is 3.09. The maximum absolute atomic E-state index is 13.2. The number of esters is 1. The third kappa shape index (κ3) is 5.45. The quantitative estimate of drug-likeness (QED) is 0.390. The third-order valence-electron chi connectivity index (χ3n) is 6.59. The Morgan fingerprint density at radius 2 is 1.42 bits per heavy atom. The van der Waals surface area contributed by atoms with E-state index in [-0.39, 0.29) is 0 Å². The summed E-state index contributed by atoms with van der Waals surface area (Å²) < 4.78 is 23.0. The molecule has 186 valence electrons. The predicted octanol–water partition coefficient (Wildman–Crippen LogP) is 4.53. The van der Waals surface area contributed by atoms with Gasteiger partial charge in [-0.1, -0.05) is 42.5 Å².